The molecule has 2 aliphatic heterocycles. The predicted octanol–water partition coefficient (Wildman–Crippen LogP) is 1.16. The molecule has 2 fully saturated rings. The van der Waals surface area contributed by atoms with Gasteiger partial charge in [-0.05, 0) is 24.6 Å². The second-order valence-corrected chi connectivity index (χ2v) is 10.9. The van der Waals surface area contributed by atoms with Crippen molar-refractivity contribution in [3.05, 3.63) is 29.3 Å². The third-order valence-electron chi connectivity index (χ3n) is 4.79. The largest absolute Gasteiger partial charge is 0.384 e. The maximum atomic E-state index is 12.6. The van der Waals surface area contributed by atoms with Crippen molar-refractivity contribution in [2.45, 2.75) is 16.1 Å². The number of rotatable bonds is 4. The Bertz CT molecular complexity index is 815. The number of hydrogen-bond donors (Lipinski definition) is 0. The van der Waals surface area contributed by atoms with Gasteiger partial charge in [-0.2, -0.15) is 4.31 Å². The second kappa shape index (κ2) is 5.70. The second-order valence-electron chi connectivity index (χ2n) is 6.06. The molecular formula is C14H18ClNO5S2. The van der Waals surface area contributed by atoms with E-state index in [9.17, 15) is 16.8 Å². The highest BCUT2D eigenvalue weighted by molar-refractivity contribution is 7.93. The first-order chi connectivity index (χ1) is 10.7. The average Bonchev–Trinajstić information content (AvgIpc) is 2.69. The molecule has 0 amide bonds. The van der Waals surface area contributed by atoms with Gasteiger partial charge in [0.2, 0.25) is 10.0 Å². The van der Waals surface area contributed by atoms with Crippen LogP contribution >= 0.6 is 11.6 Å². The van der Waals surface area contributed by atoms with Gasteiger partial charge in [0.1, 0.15) is 4.75 Å². The number of sulfone groups is 1. The molecule has 0 aromatic heterocycles. The van der Waals surface area contributed by atoms with Crippen LogP contribution in [0.15, 0.2) is 29.2 Å². The molecule has 3 rings (SSSR count). The van der Waals surface area contributed by atoms with Crippen molar-refractivity contribution >= 4 is 31.5 Å². The number of halogens is 1. The van der Waals surface area contributed by atoms with E-state index in [4.69, 9.17) is 16.3 Å². The Morgan fingerprint density at radius 3 is 2.70 bits per heavy atom. The van der Waals surface area contributed by atoms with Crippen LogP contribution in [0.3, 0.4) is 0 Å². The van der Waals surface area contributed by atoms with Crippen molar-refractivity contribution in [3.8, 4) is 0 Å². The number of benzene rings is 1. The van der Waals surface area contributed by atoms with E-state index in [0.717, 1.165) is 0 Å². The van der Waals surface area contributed by atoms with Crippen molar-refractivity contribution in [3.63, 3.8) is 0 Å². The molecular weight excluding hydrogens is 362 g/mol. The molecule has 128 valence electrons. The molecule has 2 saturated heterocycles. The molecule has 0 bridgehead atoms. The van der Waals surface area contributed by atoms with E-state index < -0.39 is 24.6 Å². The van der Waals surface area contributed by atoms with Crippen LogP contribution < -0.4 is 0 Å². The molecule has 1 atom stereocenters. The van der Waals surface area contributed by atoms with Crippen LogP contribution in [0.5, 0.6) is 0 Å². The third kappa shape index (κ3) is 2.60. The van der Waals surface area contributed by atoms with Crippen LogP contribution in [0.1, 0.15) is 6.42 Å². The summed E-state index contributed by atoms with van der Waals surface area (Å²) in [5, 5.41) is 0.326. The average molecular weight is 380 g/mol. The topological polar surface area (TPSA) is 80.8 Å². The highest BCUT2D eigenvalue weighted by Gasteiger charge is 2.63. The molecule has 0 aliphatic carbocycles. The lowest BCUT2D eigenvalue weighted by molar-refractivity contribution is 0.0867. The van der Waals surface area contributed by atoms with Crippen LogP contribution in [0, 0.1) is 5.92 Å². The summed E-state index contributed by atoms with van der Waals surface area (Å²) in [6.07, 6.45) is 0.515. The summed E-state index contributed by atoms with van der Waals surface area (Å²) in [5.41, 5.74) is 0. The highest BCUT2D eigenvalue weighted by Crippen LogP contribution is 2.46. The predicted molar refractivity (Wildman–Crippen MR) is 86.7 cm³/mol. The molecule has 0 saturated carbocycles. The number of nitrogens with zero attached hydrogens (tertiary/aromatic N) is 1. The fourth-order valence-electron chi connectivity index (χ4n) is 3.41. The molecule has 1 aromatic rings. The zero-order chi connectivity index (χ0) is 16.9. The van der Waals surface area contributed by atoms with E-state index in [1.165, 1.54) is 23.5 Å². The molecule has 0 N–H and O–H groups in total. The summed E-state index contributed by atoms with van der Waals surface area (Å²) in [7, 11) is -5.52. The van der Waals surface area contributed by atoms with Gasteiger partial charge in [-0.15, -0.1) is 0 Å². The molecule has 2 aliphatic rings. The zero-order valence-corrected chi connectivity index (χ0v) is 15.0. The van der Waals surface area contributed by atoms with E-state index in [-0.39, 0.29) is 29.7 Å². The maximum Gasteiger partial charge on any atom is 0.243 e. The summed E-state index contributed by atoms with van der Waals surface area (Å²) in [5.74, 6) is -0.0742. The van der Waals surface area contributed by atoms with Crippen molar-refractivity contribution in [2.24, 2.45) is 5.92 Å². The first-order valence-corrected chi connectivity index (χ1v) is 10.7. The molecule has 1 spiro atoms. The molecule has 0 radical (unpaired) electrons. The molecule has 6 nitrogen and oxygen atoms in total. The lowest BCUT2D eigenvalue weighted by atomic mass is 9.85. The Balaban J connectivity index is 1.87. The summed E-state index contributed by atoms with van der Waals surface area (Å²) < 4.78 is 55.4. The lowest BCUT2D eigenvalue weighted by Crippen LogP contribution is -2.68. The van der Waals surface area contributed by atoms with Crippen molar-refractivity contribution < 1.29 is 21.6 Å². The van der Waals surface area contributed by atoms with Gasteiger partial charge in [0.05, 0.1) is 17.3 Å². The zero-order valence-electron chi connectivity index (χ0n) is 12.6. The maximum absolute atomic E-state index is 12.6. The van der Waals surface area contributed by atoms with Gasteiger partial charge in [0.15, 0.2) is 9.84 Å². The minimum atomic E-state index is -3.73. The normalized spacial score (nSPS) is 26.3. The van der Waals surface area contributed by atoms with E-state index in [0.29, 0.717) is 18.1 Å². The fourth-order valence-corrected chi connectivity index (χ4v) is 7.85. The van der Waals surface area contributed by atoms with Gasteiger partial charge in [0.25, 0.3) is 0 Å². The minimum absolute atomic E-state index is 0.0157. The van der Waals surface area contributed by atoms with Crippen LogP contribution in [0.4, 0.5) is 0 Å². The number of hydrogen-bond acceptors (Lipinski definition) is 5. The summed E-state index contributed by atoms with van der Waals surface area (Å²) in [6, 6.07) is 5.98. The standard InChI is InChI=1S/C14H18ClNO5S2/c1-21-8-11-5-6-22(17,18)14(11)9-16(10-14)23(19,20)13-4-2-3-12(15)7-13/h2-4,7,11H,5-6,8-10H2,1H3/t11-/m1/s1. The molecule has 23 heavy (non-hydrogen) atoms. The van der Waals surface area contributed by atoms with E-state index in [1.807, 2.05) is 0 Å². The van der Waals surface area contributed by atoms with Gasteiger partial charge in [-0.3, -0.25) is 0 Å². The third-order valence-corrected chi connectivity index (χ3v) is 9.41. The van der Waals surface area contributed by atoms with E-state index in [2.05, 4.69) is 0 Å². The van der Waals surface area contributed by atoms with Crippen molar-refractivity contribution in [2.75, 3.05) is 32.6 Å². The van der Waals surface area contributed by atoms with Crippen LogP contribution in [0.2, 0.25) is 5.02 Å². The van der Waals surface area contributed by atoms with Gasteiger partial charge in [-0.1, -0.05) is 17.7 Å². The Labute approximate surface area is 141 Å². The minimum Gasteiger partial charge on any atom is -0.384 e. The Hall–Kier alpha value is -0.670. The Kier molecular flexibility index (Phi) is 4.25. The van der Waals surface area contributed by atoms with Gasteiger partial charge < -0.3 is 4.74 Å². The van der Waals surface area contributed by atoms with Gasteiger partial charge >= 0.3 is 0 Å². The van der Waals surface area contributed by atoms with Gasteiger partial charge in [0, 0.05) is 31.1 Å². The first kappa shape index (κ1) is 17.2. The smallest absolute Gasteiger partial charge is 0.243 e. The van der Waals surface area contributed by atoms with Gasteiger partial charge in [-0.25, -0.2) is 16.8 Å². The summed E-state index contributed by atoms with van der Waals surface area (Å²) in [6.45, 7) is 0.292. The van der Waals surface area contributed by atoms with Crippen LogP contribution in [-0.2, 0) is 24.6 Å². The Morgan fingerprint density at radius 2 is 2.09 bits per heavy atom. The van der Waals surface area contributed by atoms with E-state index >= 15 is 0 Å². The van der Waals surface area contributed by atoms with Crippen molar-refractivity contribution in [1.82, 2.24) is 4.31 Å². The lowest BCUT2D eigenvalue weighted by Gasteiger charge is -2.48. The Morgan fingerprint density at radius 1 is 1.39 bits per heavy atom. The number of methoxy groups -OCH3 is 1. The SMILES string of the molecule is COC[C@H]1CCS(=O)(=O)C12CN(S(=O)(=O)c1cccc(Cl)c1)C2. The molecule has 1 aromatic carbocycles. The van der Waals surface area contributed by atoms with Crippen molar-refractivity contribution in [1.29, 1.82) is 0 Å². The van der Waals surface area contributed by atoms with Crippen LogP contribution in [-0.4, -0.2) is 58.4 Å². The number of ether oxygens (including phenoxy) is 1. The monoisotopic (exact) mass is 379 g/mol. The summed E-state index contributed by atoms with van der Waals surface area (Å²) >= 11 is 5.85. The fraction of sp³-hybridized carbons (Fsp3) is 0.571. The van der Waals surface area contributed by atoms with E-state index in [1.54, 1.807) is 12.1 Å². The number of sulfonamides is 1. The first-order valence-electron chi connectivity index (χ1n) is 7.20. The molecule has 0 unspecified atom stereocenters. The molecule has 9 heteroatoms. The van der Waals surface area contributed by atoms with Crippen LogP contribution in [0.25, 0.3) is 0 Å². The molecule has 2 heterocycles. The quantitative estimate of drug-likeness (QED) is 0.784. The highest BCUT2D eigenvalue weighted by atomic mass is 35.5. The summed E-state index contributed by atoms with van der Waals surface area (Å²) in [4.78, 5) is 0.0820.